The molecule has 1 amide bonds. The van der Waals surface area contributed by atoms with E-state index in [1.165, 1.54) is 29.3 Å². The summed E-state index contributed by atoms with van der Waals surface area (Å²) in [5.74, 6) is -0.229. The molecule has 138 valence electrons. The minimum atomic E-state index is -0.529. The number of hydrogen-bond acceptors (Lipinski definition) is 3. The maximum Gasteiger partial charge on any atom is 0.255 e. The van der Waals surface area contributed by atoms with Gasteiger partial charge >= 0.3 is 0 Å². The molecule has 0 aliphatic carbocycles. The SMILES string of the molecule is Cc1ccc(CCNc2cc(C(=O)Nc3ccc(F)c(Cl)c3)ccn2)cc1. The van der Waals surface area contributed by atoms with E-state index in [1.807, 2.05) is 0 Å². The van der Waals surface area contributed by atoms with Crippen LogP contribution in [0.1, 0.15) is 21.5 Å². The Morgan fingerprint density at radius 1 is 1.11 bits per heavy atom. The average Bonchev–Trinajstić information content (AvgIpc) is 2.66. The van der Waals surface area contributed by atoms with Crippen LogP contribution in [0.4, 0.5) is 15.9 Å². The second kappa shape index (κ2) is 8.64. The number of benzene rings is 2. The van der Waals surface area contributed by atoms with Gasteiger partial charge in [0.05, 0.1) is 5.02 Å². The Labute approximate surface area is 162 Å². The van der Waals surface area contributed by atoms with Gasteiger partial charge in [0.25, 0.3) is 5.91 Å². The molecule has 1 aromatic heterocycles. The van der Waals surface area contributed by atoms with Crippen molar-refractivity contribution in [1.29, 1.82) is 0 Å². The summed E-state index contributed by atoms with van der Waals surface area (Å²) in [4.78, 5) is 16.6. The fourth-order valence-electron chi connectivity index (χ4n) is 2.54. The zero-order valence-corrected chi connectivity index (χ0v) is 15.6. The van der Waals surface area contributed by atoms with E-state index in [1.54, 1.807) is 18.3 Å². The van der Waals surface area contributed by atoms with Crippen LogP contribution in [-0.4, -0.2) is 17.4 Å². The van der Waals surface area contributed by atoms with E-state index in [2.05, 4.69) is 46.8 Å². The maximum absolute atomic E-state index is 13.2. The molecular weight excluding hydrogens is 365 g/mol. The van der Waals surface area contributed by atoms with Crippen molar-refractivity contribution in [2.75, 3.05) is 17.2 Å². The number of carbonyl (C=O) groups excluding carboxylic acids is 1. The Kier molecular flexibility index (Phi) is 6.04. The van der Waals surface area contributed by atoms with Gasteiger partial charge in [-0.3, -0.25) is 4.79 Å². The van der Waals surface area contributed by atoms with Gasteiger partial charge in [0, 0.05) is 24.0 Å². The fraction of sp³-hybridized carbons (Fsp3) is 0.143. The summed E-state index contributed by atoms with van der Waals surface area (Å²) in [6, 6.07) is 15.7. The molecule has 3 aromatic rings. The van der Waals surface area contributed by atoms with Crippen molar-refractivity contribution in [3.8, 4) is 0 Å². The Balaban J connectivity index is 1.59. The molecular formula is C21H19ClFN3O. The Bertz CT molecular complexity index is 944. The van der Waals surface area contributed by atoms with Crippen LogP contribution >= 0.6 is 11.6 Å². The van der Waals surface area contributed by atoms with Crippen molar-refractivity contribution >= 4 is 29.0 Å². The zero-order chi connectivity index (χ0) is 19.2. The Hall–Kier alpha value is -2.92. The van der Waals surface area contributed by atoms with Crippen molar-refractivity contribution in [2.24, 2.45) is 0 Å². The first-order chi connectivity index (χ1) is 13.0. The van der Waals surface area contributed by atoms with Crippen molar-refractivity contribution in [3.63, 3.8) is 0 Å². The number of halogens is 2. The summed E-state index contributed by atoms with van der Waals surface area (Å²) in [5, 5.41) is 5.88. The molecule has 2 aromatic carbocycles. The second-order valence-corrected chi connectivity index (χ2v) is 6.58. The largest absolute Gasteiger partial charge is 0.370 e. The van der Waals surface area contributed by atoms with Crippen molar-refractivity contribution in [2.45, 2.75) is 13.3 Å². The third-order valence-corrected chi connectivity index (χ3v) is 4.33. The van der Waals surface area contributed by atoms with Crippen LogP contribution in [0.2, 0.25) is 5.02 Å². The monoisotopic (exact) mass is 383 g/mol. The summed E-state index contributed by atoms with van der Waals surface area (Å²) >= 11 is 5.74. The molecule has 0 saturated heterocycles. The Morgan fingerprint density at radius 3 is 2.63 bits per heavy atom. The van der Waals surface area contributed by atoms with Crippen LogP contribution < -0.4 is 10.6 Å². The second-order valence-electron chi connectivity index (χ2n) is 6.18. The smallest absolute Gasteiger partial charge is 0.255 e. The van der Waals surface area contributed by atoms with Gasteiger partial charge in [-0.15, -0.1) is 0 Å². The lowest BCUT2D eigenvalue weighted by atomic mass is 10.1. The predicted molar refractivity (Wildman–Crippen MR) is 107 cm³/mol. The van der Waals surface area contributed by atoms with Crippen molar-refractivity contribution in [3.05, 3.63) is 88.3 Å². The molecule has 0 fully saturated rings. The van der Waals surface area contributed by atoms with E-state index in [9.17, 15) is 9.18 Å². The van der Waals surface area contributed by atoms with E-state index < -0.39 is 5.82 Å². The summed E-state index contributed by atoms with van der Waals surface area (Å²) < 4.78 is 13.2. The number of amides is 1. The van der Waals surface area contributed by atoms with Crippen molar-refractivity contribution in [1.82, 2.24) is 4.98 Å². The van der Waals surface area contributed by atoms with Crippen LogP contribution in [0.5, 0.6) is 0 Å². The summed E-state index contributed by atoms with van der Waals surface area (Å²) in [6.45, 7) is 2.76. The molecule has 0 unspecified atom stereocenters. The highest BCUT2D eigenvalue weighted by Gasteiger charge is 2.09. The normalized spacial score (nSPS) is 10.5. The van der Waals surface area contributed by atoms with Gasteiger partial charge in [0.1, 0.15) is 11.6 Å². The number of nitrogens with zero attached hydrogens (tertiary/aromatic N) is 1. The summed E-state index contributed by atoms with van der Waals surface area (Å²) in [5.41, 5.74) is 3.34. The molecule has 2 N–H and O–H groups in total. The highest BCUT2D eigenvalue weighted by atomic mass is 35.5. The van der Waals surface area contributed by atoms with Gasteiger partial charge in [-0.2, -0.15) is 0 Å². The molecule has 27 heavy (non-hydrogen) atoms. The zero-order valence-electron chi connectivity index (χ0n) is 14.8. The number of rotatable bonds is 6. The lowest BCUT2D eigenvalue weighted by molar-refractivity contribution is 0.102. The fourth-order valence-corrected chi connectivity index (χ4v) is 2.72. The van der Waals surface area contributed by atoms with Gasteiger partial charge < -0.3 is 10.6 Å². The first kappa shape index (κ1) is 18.9. The van der Waals surface area contributed by atoms with Gasteiger partial charge in [-0.05, 0) is 49.2 Å². The third kappa shape index (κ3) is 5.28. The lowest BCUT2D eigenvalue weighted by Crippen LogP contribution is -2.13. The predicted octanol–water partition coefficient (Wildman–Crippen LogP) is 5.09. The van der Waals surface area contributed by atoms with Crippen LogP contribution in [0.15, 0.2) is 60.8 Å². The van der Waals surface area contributed by atoms with Crippen LogP contribution in [0.3, 0.4) is 0 Å². The van der Waals surface area contributed by atoms with Gasteiger partial charge in [0.2, 0.25) is 0 Å². The maximum atomic E-state index is 13.2. The molecule has 0 bridgehead atoms. The minimum absolute atomic E-state index is 0.0408. The van der Waals surface area contributed by atoms with E-state index in [-0.39, 0.29) is 10.9 Å². The third-order valence-electron chi connectivity index (χ3n) is 4.04. The van der Waals surface area contributed by atoms with Gasteiger partial charge in [0.15, 0.2) is 0 Å². The highest BCUT2D eigenvalue weighted by Crippen LogP contribution is 2.20. The topological polar surface area (TPSA) is 54.0 Å². The number of hydrogen-bond donors (Lipinski definition) is 2. The number of carbonyl (C=O) groups is 1. The first-order valence-electron chi connectivity index (χ1n) is 8.53. The molecule has 0 spiro atoms. The summed E-state index contributed by atoms with van der Waals surface area (Å²) in [6.07, 6.45) is 2.42. The average molecular weight is 384 g/mol. The van der Waals surface area contributed by atoms with E-state index >= 15 is 0 Å². The number of nitrogens with one attached hydrogen (secondary N) is 2. The van der Waals surface area contributed by atoms with Crippen LogP contribution in [0, 0.1) is 12.7 Å². The molecule has 4 nitrogen and oxygen atoms in total. The van der Waals surface area contributed by atoms with Crippen LogP contribution in [-0.2, 0) is 6.42 Å². The lowest BCUT2D eigenvalue weighted by Gasteiger charge is -2.09. The van der Waals surface area contributed by atoms with Crippen molar-refractivity contribution < 1.29 is 9.18 Å². The quantitative estimate of drug-likeness (QED) is 0.623. The number of aryl methyl sites for hydroxylation is 1. The molecule has 0 radical (unpaired) electrons. The van der Waals surface area contributed by atoms with Gasteiger partial charge in [-0.1, -0.05) is 41.4 Å². The molecule has 0 aliphatic heterocycles. The number of pyridine rings is 1. The van der Waals surface area contributed by atoms with Gasteiger partial charge in [-0.25, -0.2) is 9.37 Å². The first-order valence-corrected chi connectivity index (χ1v) is 8.91. The standard InChI is InChI=1S/C21H19ClFN3O/c1-14-2-4-15(5-3-14)8-10-24-20-12-16(9-11-25-20)21(27)26-17-6-7-19(23)18(22)13-17/h2-7,9,11-13H,8,10H2,1H3,(H,24,25)(H,26,27). The number of anilines is 2. The molecule has 1 heterocycles. The van der Waals surface area contributed by atoms with E-state index in [4.69, 9.17) is 11.6 Å². The molecule has 0 saturated carbocycles. The van der Waals surface area contributed by atoms with E-state index in [0.717, 1.165) is 6.42 Å². The molecule has 0 atom stereocenters. The highest BCUT2D eigenvalue weighted by molar-refractivity contribution is 6.31. The molecule has 6 heteroatoms. The van der Waals surface area contributed by atoms with E-state index in [0.29, 0.717) is 23.6 Å². The minimum Gasteiger partial charge on any atom is -0.370 e. The molecule has 3 rings (SSSR count). The number of aromatic nitrogens is 1. The Morgan fingerprint density at radius 2 is 1.89 bits per heavy atom. The molecule has 0 aliphatic rings. The van der Waals surface area contributed by atoms with Crippen LogP contribution in [0.25, 0.3) is 0 Å². The summed E-state index contributed by atoms with van der Waals surface area (Å²) in [7, 11) is 0.